The average molecular weight is 400 g/mol. The Labute approximate surface area is 168 Å². The number of hydrogen-bond donors (Lipinski definition) is 0. The zero-order valence-electron chi connectivity index (χ0n) is 16.3. The van der Waals surface area contributed by atoms with Crippen molar-refractivity contribution in [1.29, 1.82) is 0 Å². The van der Waals surface area contributed by atoms with E-state index in [4.69, 9.17) is 9.97 Å². The molecule has 0 saturated heterocycles. The Morgan fingerprint density at radius 1 is 1.07 bits per heavy atom. The molecule has 2 aliphatic heterocycles. The molecule has 3 aromatic rings. The van der Waals surface area contributed by atoms with Crippen LogP contribution in [0.4, 0.5) is 5.69 Å². The van der Waals surface area contributed by atoms with Crippen molar-refractivity contribution in [3.63, 3.8) is 0 Å². The summed E-state index contributed by atoms with van der Waals surface area (Å²) in [7, 11) is 4.43. The molecule has 0 spiro atoms. The van der Waals surface area contributed by atoms with Gasteiger partial charge in [-0.3, -0.25) is 4.90 Å². The number of aromatic nitrogens is 3. The average Bonchev–Trinajstić information content (AvgIpc) is 3.31. The van der Waals surface area contributed by atoms with Crippen molar-refractivity contribution in [2.24, 2.45) is 0 Å². The second kappa shape index (κ2) is 6.43. The van der Waals surface area contributed by atoms with Crippen molar-refractivity contribution in [3.05, 3.63) is 38.4 Å². The topological polar surface area (TPSA) is 37.2 Å². The van der Waals surface area contributed by atoms with Gasteiger partial charge in [0.2, 0.25) is 0 Å². The van der Waals surface area contributed by atoms with Crippen LogP contribution in [0.3, 0.4) is 0 Å². The third-order valence-electron chi connectivity index (χ3n) is 5.60. The standard InChI is InChI=1S/C20H25N5S2/c1-12-9-26-19(21-12)14-6-5-7-25-17(14)16-15(8-23(3)11-24(16)4)18(25)20-22-13(2)10-27-20/h9-10,14H,5-8,11H2,1-4H3. The van der Waals surface area contributed by atoms with Crippen LogP contribution in [0.2, 0.25) is 0 Å². The van der Waals surface area contributed by atoms with Gasteiger partial charge in [0.1, 0.15) is 10.0 Å². The van der Waals surface area contributed by atoms with Crippen molar-refractivity contribution in [2.75, 3.05) is 25.7 Å². The predicted molar refractivity (Wildman–Crippen MR) is 113 cm³/mol. The van der Waals surface area contributed by atoms with Crippen molar-refractivity contribution in [3.8, 4) is 10.7 Å². The smallest absolute Gasteiger partial charge is 0.140 e. The summed E-state index contributed by atoms with van der Waals surface area (Å²) in [5, 5.41) is 6.78. The first-order valence-corrected chi connectivity index (χ1v) is 11.3. The zero-order valence-corrected chi connectivity index (χ0v) is 18.0. The van der Waals surface area contributed by atoms with Crippen molar-refractivity contribution in [1.82, 2.24) is 19.4 Å². The van der Waals surface area contributed by atoms with Gasteiger partial charge < -0.3 is 9.47 Å². The first-order valence-electron chi connectivity index (χ1n) is 9.52. The van der Waals surface area contributed by atoms with Gasteiger partial charge in [-0.05, 0) is 33.7 Å². The Balaban J connectivity index is 1.77. The number of rotatable bonds is 2. The van der Waals surface area contributed by atoms with Gasteiger partial charge >= 0.3 is 0 Å². The minimum Gasteiger partial charge on any atom is -0.360 e. The summed E-state index contributed by atoms with van der Waals surface area (Å²) in [6.45, 7) is 7.21. The number of hydrogen-bond acceptors (Lipinski definition) is 6. The van der Waals surface area contributed by atoms with E-state index in [1.165, 1.54) is 40.5 Å². The highest BCUT2D eigenvalue weighted by atomic mass is 32.1. The molecule has 2 aliphatic rings. The maximum atomic E-state index is 4.87. The maximum Gasteiger partial charge on any atom is 0.140 e. The van der Waals surface area contributed by atoms with E-state index in [0.717, 1.165) is 36.2 Å². The Hall–Kier alpha value is -1.70. The molecule has 0 fully saturated rings. The normalized spacial score (nSPS) is 20.0. The Kier molecular flexibility index (Phi) is 4.14. The van der Waals surface area contributed by atoms with E-state index in [9.17, 15) is 0 Å². The van der Waals surface area contributed by atoms with Crippen molar-refractivity contribution >= 4 is 28.4 Å². The minimum atomic E-state index is 0.395. The summed E-state index contributed by atoms with van der Waals surface area (Å²) in [5.41, 5.74) is 7.92. The lowest BCUT2D eigenvalue weighted by Gasteiger charge is -2.34. The molecule has 3 aromatic heterocycles. The third kappa shape index (κ3) is 2.75. The van der Waals surface area contributed by atoms with Gasteiger partial charge in [0.15, 0.2) is 0 Å². The van der Waals surface area contributed by atoms with Gasteiger partial charge in [-0.15, -0.1) is 22.7 Å². The monoisotopic (exact) mass is 399 g/mol. The fourth-order valence-corrected chi connectivity index (χ4v) is 6.47. The summed E-state index contributed by atoms with van der Waals surface area (Å²) in [4.78, 5) is 14.6. The number of fused-ring (bicyclic) bond motifs is 3. The SMILES string of the molecule is Cc1csc(-c2c3c(c4n2CCCC4c2nc(C)cs2)N(C)CN(C)C3)n1. The van der Waals surface area contributed by atoms with E-state index < -0.39 is 0 Å². The molecular formula is C20H25N5S2. The van der Waals surface area contributed by atoms with Gasteiger partial charge in [0.25, 0.3) is 0 Å². The van der Waals surface area contributed by atoms with Crippen LogP contribution >= 0.6 is 22.7 Å². The minimum absolute atomic E-state index is 0.395. The van der Waals surface area contributed by atoms with E-state index >= 15 is 0 Å². The first kappa shape index (κ1) is 17.4. The van der Waals surface area contributed by atoms with E-state index in [1.807, 2.05) is 11.3 Å². The molecule has 5 nitrogen and oxygen atoms in total. The molecule has 0 amide bonds. The molecule has 0 bridgehead atoms. The maximum absolute atomic E-state index is 4.87. The largest absolute Gasteiger partial charge is 0.360 e. The molecule has 5 rings (SSSR count). The van der Waals surface area contributed by atoms with Crippen LogP contribution in [0.1, 0.15) is 46.4 Å². The van der Waals surface area contributed by atoms with Crippen LogP contribution in [0.5, 0.6) is 0 Å². The highest BCUT2D eigenvalue weighted by molar-refractivity contribution is 7.13. The molecule has 0 aliphatic carbocycles. The number of nitrogens with zero attached hydrogens (tertiary/aromatic N) is 5. The van der Waals surface area contributed by atoms with E-state index in [2.05, 4.69) is 53.1 Å². The second-order valence-electron chi connectivity index (χ2n) is 7.88. The van der Waals surface area contributed by atoms with Gasteiger partial charge in [0.05, 0.1) is 29.7 Å². The fourth-order valence-electron chi connectivity index (χ4n) is 4.66. The number of aryl methyl sites for hydroxylation is 2. The summed E-state index contributed by atoms with van der Waals surface area (Å²) < 4.78 is 2.57. The zero-order chi connectivity index (χ0) is 18.7. The van der Waals surface area contributed by atoms with Gasteiger partial charge in [-0.2, -0.15) is 0 Å². The van der Waals surface area contributed by atoms with E-state index in [1.54, 1.807) is 11.3 Å². The van der Waals surface area contributed by atoms with Gasteiger partial charge in [-0.25, -0.2) is 9.97 Å². The molecule has 1 unspecified atom stereocenters. The lowest BCUT2D eigenvalue weighted by atomic mass is 9.94. The molecule has 1 atom stereocenters. The third-order valence-corrected chi connectivity index (χ3v) is 7.64. The van der Waals surface area contributed by atoms with Crippen LogP contribution in [0, 0.1) is 13.8 Å². The quantitative estimate of drug-likeness (QED) is 0.638. The molecule has 5 heterocycles. The van der Waals surface area contributed by atoms with Gasteiger partial charge in [-0.1, -0.05) is 0 Å². The fraction of sp³-hybridized carbons (Fsp3) is 0.500. The molecule has 0 saturated carbocycles. The molecule has 0 radical (unpaired) electrons. The van der Waals surface area contributed by atoms with Crippen molar-refractivity contribution < 1.29 is 0 Å². The lowest BCUT2D eigenvalue weighted by Crippen LogP contribution is -2.38. The highest BCUT2D eigenvalue weighted by Gasteiger charge is 2.37. The van der Waals surface area contributed by atoms with Crippen LogP contribution in [0.15, 0.2) is 10.8 Å². The highest BCUT2D eigenvalue weighted by Crippen LogP contribution is 2.49. The van der Waals surface area contributed by atoms with Crippen LogP contribution in [-0.4, -0.2) is 40.2 Å². The van der Waals surface area contributed by atoms with E-state index in [-0.39, 0.29) is 0 Å². The van der Waals surface area contributed by atoms with Gasteiger partial charge in [0, 0.05) is 47.8 Å². The van der Waals surface area contributed by atoms with Crippen molar-refractivity contribution in [2.45, 2.75) is 45.7 Å². The molecule has 0 aromatic carbocycles. The van der Waals surface area contributed by atoms with Crippen LogP contribution in [-0.2, 0) is 13.1 Å². The molecule has 0 N–H and O–H groups in total. The summed E-state index contributed by atoms with van der Waals surface area (Å²) in [6, 6.07) is 0. The molecule has 27 heavy (non-hydrogen) atoms. The van der Waals surface area contributed by atoms with E-state index in [0.29, 0.717) is 5.92 Å². The van der Waals surface area contributed by atoms with Crippen LogP contribution < -0.4 is 4.90 Å². The lowest BCUT2D eigenvalue weighted by molar-refractivity contribution is 0.317. The number of anilines is 1. The summed E-state index contributed by atoms with van der Waals surface area (Å²) in [6.07, 6.45) is 2.38. The second-order valence-corrected chi connectivity index (χ2v) is 9.63. The number of thiazole rings is 2. The first-order chi connectivity index (χ1) is 13.0. The Bertz CT molecular complexity index is 998. The summed E-state index contributed by atoms with van der Waals surface area (Å²) >= 11 is 3.59. The predicted octanol–water partition coefficient (Wildman–Crippen LogP) is 4.45. The molecule has 142 valence electrons. The molecule has 7 heteroatoms. The summed E-state index contributed by atoms with van der Waals surface area (Å²) in [5.74, 6) is 0.395. The Morgan fingerprint density at radius 3 is 2.56 bits per heavy atom. The molecular weight excluding hydrogens is 374 g/mol. The Morgan fingerprint density at radius 2 is 1.85 bits per heavy atom. The van der Waals surface area contributed by atoms with Crippen LogP contribution in [0.25, 0.3) is 10.7 Å².